The molecule has 0 radical (unpaired) electrons. The van der Waals surface area contributed by atoms with E-state index in [1.54, 1.807) is 0 Å². The van der Waals surface area contributed by atoms with Crippen molar-refractivity contribution < 1.29 is 9.47 Å². The van der Waals surface area contributed by atoms with Crippen LogP contribution in [0, 0.1) is 0 Å². The summed E-state index contributed by atoms with van der Waals surface area (Å²) >= 11 is 0. The van der Waals surface area contributed by atoms with E-state index in [0.717, 1.165) is 45.6 Å². The van der Waals surface area contributed by atoms with E-state index in [1.807, 2.05) is 0 Å². The lowest BCUT2D eigenvalue weighted by atomic mass is 10.2. The number of rotatable bonds is 4. The molecule has 3 fully saturated rings. The average Bonchev–Trinajstić information content (AvgIpc) is 3.10. The van der Waals surface area contributed by atoms with Gasteiger partial charge in [-0.25, -0.2) is 0 Å². The molecule has 0 aromatic heterocycles. The van der Waals surface area contributed by atoms with Crippen LogP contribution in [0.25, 0.3) is 0 Å². The summed E-state index contributed by atoms with van der Waals surface area (Å²) in [6.45, 7) is 7.47. The molecule has 18 heavy (non-hydrogen) atoms. The Bertz CT molecular complexity index is 273. The molecule has 4 heteroatoms. The second-order valence-corrected chi connectivity index (χ2v) is 5.90. The van der Waals surface area contributed by atoms with E-state index < -0.39 is 0 Å². The van der Waals surface area contributed by atoms with Gasteiger partial charge in [0, 0.05) is 32.0 Å². The highest BCUT2D eigenvalue weighted by molar-refractivity contribution is 4.87. The van der Waals surface area contributed by atoms with Gasteiger partial charge in [0.25, 0.3) is 0 Å². The van der Waals surface area contributed by atoms with Crippen LogP contribution in [0.3, 0.4) is 0 Å². The van der Waals surface area contributed by atoms with E-state index in [-0.39, 0.29) is 11.9 Å². The van der Waals surface area contributed by atoms with Crippen molar-refractivity contribution in [2.24, 2.45) is 0 Å². The zero-order valence-corrected chi connectivity index (χ0v) is 11.5. The Labute approximate surface area is 110 Å². The van der Waals surface area contributed by atoms with Gasteiger partial charge in [-0.3, -0.25) is 4.90 Å². The lowest BCUT2D eigenvalue weighted by Gasteiger charge is -2.29. The third-order valence-electron chi connectivity index (χ3n) is 4.67. The Morgan fingerprint density at radius 1 is 1.33 bits per heavy atom. The van der Waals surface area contributed by atoms with Crippen molar-refractivity contribution in [3.8, 4) is 0 Å². The first-order chi connectivity index (χ1) is 8.81. The molecule has 0 bridgehead atoms. The summed E-state index contributed by atoms with van der Waals surface area (Å²) in [6, 6.07) is 0.693. The third-order valence-corrected chi connectivity index (χ3v) is 4.67. The molecular weight excluding hydrogens is 228 g/mol. The van der Waals surface area contributed by atoms with Crippen LogP contribution in [-0.4, -0.2) is 55.6 Å². The van der Waals surface area contributed by atoms with Gasteiger partial charge in [0.2, 0.25) is 0 Å². The van der Waals surface area contributed by atoms with Gasteiger partial charge in [-0.15, -0.1) is 0 Å². The van der Waals surface area contributed by atoms with Gasteiger partial charge in [-0.2, -0.15) is 0 Å². The summed E-state index contributed by atoms with van der Waals surface area (Å²) in [5.41, 5.74) is 0. The number of ether oxygens (including phenoxy) is 2. The van der Waals surface area contributed by atoms with Gasteiger partial charge in [0.15, 0.2) is 5.79 Å². The molecule has 2 unspecified atom stereocenters. The number of hydrogen-bond acceptors (Lipinski definition) is 4. The molecule has 2 saturated heterocycles. The van der Waals surface area contributed by atoms with Crippen LogP contribution < -0.4 is 5.32 Å². The number of nitrogens with one attached hydrogen (secondary N) is 1. The van der Waals surface area contributed by atoms with Crippen LogP contribution >= 0.6 is 0 Å². The lowest BCUT2D eigenvalue weighted by molar-refractivity contribution is -0.163. The summed E-state index contributed by atoms with van der Waals surface area (Å²) in [7, 11) is 0. The molecule has 2 atom stereocenters. The third kappa shape index (κ3) is 2.57. The molecule has 0 aromatic rings. The quantitative estimate of drug-likeness (QED) is 0.821. The van der Waals surface area contributed by atoms with Crippen molar-refractivity contribution in [3.05, 3.63) is 0 Å². The summed E-state index contributed by atoms with van der Waals surface area (Å²) < 4.78 is 12.2. The van der Waals surface area contributed by atoms with Crippen LogP contribution in [0.2, 0.25) is 0 Å². The molecular formula is C14H26N2O2. The van der Waals surface area contributed by atoms with Gasteiger partial charge in [0.1, 0.15) is 0 Å². The summed E-state index contributed by atoms with van der Waals surface area (Å²) in [5, 5.41) is 3.45. The van der Waals surface area contributed by atoms with E-state index in [1.165, 1.54) is 19.3 Å². The maximum Gasteiger partial charge on any atom is 0.168 e. The molecule has 1 N–H and O–H groups in total. The van der Waals surface area contributed by atoms with Gasteiger partial charge in [0.05, 0.1) is 12.7 Å². The van der Waals surface area contributed by atoms with E-state index in [9.17, 15) is 0 Å². The molecule has 104 valence electrons. The van der Waals surface area contributed by atoms with Gasteiger partial charge in [-0.1, -0.05) is 6.92 Å². The zero-order valence-electron chi connectivity index (χ0n) is 11.5. The Kier molecular flexibility index (Phi) is 3.89. The van der Waals surface area contributed by atoms with E-state index in [4.69, 9.17) is 9.47 Å². The van der Waals surface area contributed by atoms with Gasteiger partial charge < -0.3 is 14.8 Å². The normalized spacial score (nSPS) is 35.0. The second-order valence-electron chi connectivity index (χ2n) is 5.90. The smallest absolute Gasteiger partial charge is 0.168 e. The Morgan fingerprint density at radius 3 is 2.83 bits per heavy atom. The van der Waals surface area contributed by atoms with Crippen molar-refractivity contribution in [1.82, 2.24) is 10.2 Å². The fourth-order valence-electron chi connectivity index (χ4n) is 3.63. The molecule has 3 aliphatic rings. The predicted molar refractivity (Wildman–Crippen MR) is 70.5 cm³/mol. The first-order valence-corrected chi connectivity index (χ1v) is 7.58. The van der Waals surface area contributed by atoms with Crippen molar-refractivity contribution in [3.63, 3.8) is 0 Å². The number of hydrogen-bond donors (Lipinski definition) is 1. The SMILES string of the molecule is CCN(CC1COC2(CCCC2)O1)C1CCNC1. The topological polar surface area (TPSA) is 33.7 Å². The maximum atomic E-state index is 6.22. The highest BCUT2D eigenvalue weighted by Gasteiger charge is 2.44. The lowest BCUT2D eigenvalue weighted by Crippen LogP contribution is -2.42. The fourth-order valence-corrected chi connectivity index (χ4v) is 3.63. The van der Waals surface area contributed by atoms with Gasteiger partial charge >= 0.3 is 0 Å². The van der Waals surface area contributed by atoms with Crippen LogP contribution in [0.1, 0.15) is 39.0 Å². The first-order valence-electron chi connectivity index (χ1n) is 7.58. The molecule has 1 spiro atoms. The fraction of sp³-hybridized carbons (Fsp3) is 1.00. The minimum absolute atomic E-state index is 0.196. The highest BCUT2D eigenvalue weighted by atomic mass is 16.7. The van der Waals surface area contributed by atoms with Crippen molar-refractivity contribution in [1.29, 1.82) is 0 Å². The van der Waals surface area contributed by atoms with Crippen molar-refractivity contribution in [2.45, 2.75) is 57.0 Å². The number of likely N-dealkylation sites (N-methyl/N-ethyl adjacent to an activating group) is 1. The first kappa shape index (κ1) is 12.9. The summed E-state index contributed by atoms with van der Waals surface area (Å²) in [6.07, 6.45) is 6.27. The van der Waals surface area contributed by atoms with E-state index in [0.29, 0.717) is 6.04 Å². The largest absolute Gasteiger partial charge is 0.347 e. The molecule has 0 amide bonds. The monoisotopic (exact) mass is 254 g/mol. The second kappa shape index (κ2) is 5.45. The molecule has 3 rings (SSSR count). The molecule has 1 saturated carbocycles. The predicted octanol–water partition coefficient (Wildman–Crippen LogP) is 1.36. The van der Waals surface area contributed by atoms with Crippen molar-refractivity contribution in [2.75, 3.05) is 32.8 Å². The van der Waals surface area contributed by atoms with Crippen LogP contribution in [-0.2, 0) is 9.47 Å². The van der Waals surface area contributed by atoms with E-state index in [2.05, 4.69) is 17.1 Å². The van der Waals surface area contributed by atoms with Crippen LogP contribution in [0.5, 0.6) is 0 Å². The maximum absolute atomic E-state index is 6.22. The van der Waals surface area contributed by atoms with Crippen molar-refractivity contribution >= 4 is 0 Å². The van der Waals surface area contributed by atoms with Gasteiger partial charge in [-0.05, 0) is 32.4 Å². The Morgan fingerprint density at radius 2 is 2.17 bits per heavy atom. The Hall–Kier alpha value is -0.160. The molecule has 0 aromatic carbocycles. The molecule has 2 aliphatic heterocycles. The highest BCUT2D eigenvalue weighted by Crippen LogP contribution is 2.39. The van der Waals surface area contributed by atoms with E-state index >= 15 is 0 Å². The Balaban J connectivity index is 1.52. The number of nitrogens with zero attached hydrogens (tertiary/aromatic N) is 1. The molecule has 1 aliphatic carbocycles. The molecule has 4 nitrogen and oxygen atoms in total. The minimum atomic E-state index is -0.196. The standard InChI is InChI=1S/C14H26N2O2/c1-2-16(12-5-8-15-9-12)10-13-11-17-14(18-13)6-3-4-7-14/h12-13,15H,2-11H2,1H3. The van der Waals surface area contributed by atoms with Crippen LogP contribution in [0.15, 0.2) is 0 Å². The average molecular weight is 254 g/mol. The van der Waals surface area contributed by atoms with Crippen LogP contribution in [0.4, 0.5) is 0 Å². The zero-order chi connectivity index (χ0) is 12.4. The summed E-state index contributed by atoms with van der Waals surface area (Å²) in [4.78, 5) is 2.56. The summed E-state index contributed by atoms with van der Waals surface area (Å²) in [5.74, 6) is -0.196. The molecule has 2 heterocycles. The minimum Gasteiger partial charge on any atom is -0.347 e.